The van der Waals surface area contributed by atoms with Crippen molar-refractivity contribution in [1.29, 1.82) is 0 Å². The number of rotatable bonds is 8. The van der Waals surface area contributed by atoms with Gasteiger partial charge in [-0.3, -0.25) is 0 Å². The summed E-state index contributed by atoms with van der Waals surface area (Å²) in [6.07, 6.45) is 1.26. The topological polar surface area (TPSA) is 82.2 Å². The van der Waals surface area contributed by atoms with E-state index in [1.807, 2.05) is 0 Å². The zero-order chi connectivity index (χ0) is 12.8. The van der Waals surface area contributed by atoms with Crippen molar-refractivity contribution in [3.8, 4) is 0 Å². The van der Waals surface area contributed by atoms with E-state index in [0.29, 0.717) is 0 Å². The predicted molar refractivity (Wildman–Crippen MR) is 58.5 cm³/mol. The van der Waals surface area contributed by atoms with E-state index in [4.69, 9.17) is 10.2 Å². The van der Waals surface area contributed by atoms with Gasteiger partial charge in [0, 0.05) is 0 Å². The molecule has 0 radical (unpaired) electrons. The number of aliphatic hydroxyl groups is 2. The molecule has 0 aromatic heterocycles. The van der Waals surface area contributed by atoms with Crippen LogP contribution < -0.4 is 0 Å². The van der Waals surface area contributed by atoms with E-state index in [1.165, 1.54) is 13.0 Å². The summed E-state index contributed by atoms with van der Waals surface area (Å²) in [7, 11) is 4.17. The van der Waals surface area contributed by atoms with Gasteiger partial charge in [-0.2, -0.15) is 9.68 Å². The zero-order valence-electron chi connectivity index (χ0n) is 10.3. The predicted octanol–water partition coefficient (Wildman–Crippen LogP) is -0.429. The molecule has 0 heterocycles. The van der Waals surface area contributed by atoms with Crippen molar-refractivity contribution in [2.45, 2.75) is 13.3 Å². The van der Waals surface area contributed by atoms with E-state index in [-0.39, 0.29) is 31.5 Å². The van der Waals surface area contributed by atoms with E-state index in [9.17, 15) is 4.91 Å². The largest absolute Gasteiger partial charge is 0.477 e. The average molecular weight is 239 g/mol. The SMILES string of the molecule is CCCN(C)C.O=[N+](OCCO)OCCO. The first-order chi connectivity index (χ1) is 7.58. The lowest BCUT2D eigenvalue weighted by Gasteiger charge is -2.03. The summed E-state index contributed by atoms with van der Waals surface area (Å²) in [6, 6.07) is 0. The molecule has 0 unspecified atom stereocenters. The highest BCUT2D eigenvalue weighted by molar-refractivity contribution is 4.34. The van der Waals surface area contributed by atoms with Gasteiger partial charge in [-0.15, -0.1) is 0 Å². The Bertz CT molecular complexity index is 145. The van der Waals surface area contributed by atoms with E-state index >= 15 is 0 Å². The third-order valence-electron chi connectivity index (χ3n) is 1.25. The van der Waals surface area contributed by atoms with Crippen LogP contribution in [0.15, 0.2) is 0 Å². The number of aliphatic hydroxyl groups excluding tert-OH is 2. The summed E-state index contributed by atoms with van der Waals surface area (Å²) in [5, 5.41) is 16.1. The molecule has 0 atom stereocenters. The highest BCUT2D eigenvalue weighted by Gasteiger charge is 2.09. The Morgan fingerprint density at radius 1 is 1.12 bits per heavy atom. The van der Waals surface area contributed by atoms with Crippen molar-refractivity contribution in [3.63, 3.8) is 0 Å². The molecular weight excluding hydrogens is 216 g/mol. The molecule has 7 heteroatoms. The first-order valence-electron chi connectivity index (χ1n) is 5.18. The maximum absolute atomic E-state index is 10.2. The van der Waals surface area contributed by atoms with Crippen molar-refractivity contribution in [2.24, 2.45) is 0 Å². The van der Waals surface area contributed by atoms with Gasteiger partial charge in [0.15, 0.2) is 13.2 Å². The van der Waals surface area contributed by atoms with Crippen LogP contribution in [-0.4, -0.2) is 67.3 Å². The molecule has 0 aliphatic heterocycles. The second-order valence-electron chi connectivity index (χ2n) is 3.14. The Hall–Kier alpha value is -0.920. The molecular formula is C9H23N2O5+. The third kappa shape index (κ3) is 18.8. The highest BCUT2D eigenvalue weighted by atomic mass is 17.0. The summed E-state index contributed by atoms with van der Waals surface area (Å²) in [5.41, 5.74) is 0. The van der Waals surface area contributed by atoms with Gasteiger partial charge in [0.05, 0.1) is 13.2 Å². The van der Waals surface area contributed by atoms with Gasteiger partial charge < -0.3 is 15.1 Å². The molecule has 16 heavy (non-hydrogen) atoms. The van der Waals surface area contributed by atoms with Crippen LogP contribution in [0.25, 0.3) is 0 Å². The van der Waals surface area contributed by atoms with E-state index < -0.39 is 0 Å². The second kappa shape index (κ2) is 14.1. The molecule has 0 aromatic rings. The van der Waals surface area contributed by atoms with Crippen LogP contribution in [0.1, 0.15) is 13.3 Å². The molecule has 0 saturated carbocycles. The van der Waals surface area contributed by atoms with Crippen LogP contribution >= 0.6 is 0 Å². The van der Waals surface area contributed by atoms with Crippen LogP contribution in [0.4, 0.5) is 0 Å². The standard InChI is InChI=1S/C5H13N.C4H10NO5/c1-4-5-6(2)3;6-1-3-9-5(8)10-4-2-7/h4-5H2,1-3H3;6-7H,1-4H2/q;+1. The van der Waals surface area contributed by atoms with Crippen molar-refractivity contribution in [1.82, 2.24) is 4.90 Å². The van der Waals surface area contributed by atoms with Crippen LogP contribution in [0, 0.1) is 4.91 Å². The minimum absolute atomic E-state index is 0.116. The molecule has 98 valence electrons. The molecule has 0 aliphatic carbocycles. The fraction of sp³-hybridized carbons (Fsp3) is 1.00. The quantitative estimate of drug-likeness (QED) is 0.559. The highest BCUT2D eigenvalue weighted by Crippen LogP contribution is 1.79. The van der Waals surface area contributed by atoms with Crippen molar-refractivity contribution >= 4 is 0 Å². The zero-order valence-corrected chi connectivity index (χ0v) is 10.3. The average Bonchev–Trinajstić information content (AvgIpc) is 2.24. The number of nitrogens with zero attached hydrogens (tertiary/aromatic N) is 2. The van der Waals surface area contributed by atoms with Crippen molar-refractivity contribution in [2.75, 3.05) is 47.1 Å². The van der Waals surface area contributed by atoms with Gasteiger partial charge in [0.25, 0.3) is 0 Å². The molecule has 0 saturated heterocycles. The van der Waals surface area contributed by atoms with E-state index in [1.54, 1.807) is 0 Å². The molecule has 0 amide bonds. The number of hydrogen-bond donors (Lipinski definition) is 2. The van der Waals surface area contributed by atoms with Gasteiger partial charge in [0.1, 0.15) is 4.91 Å². The molecule has 0 bridgehead atoms. The van der Waals surface area contributed by atoms with E-state index in [2.05, 4.69) is 35.6 Å². The smallest absolute Gasteiger partial charge is 0.393 e. The summed E-state index contributed by atoms with van der Waals surface area (Å²) < 4.78 is 0. The minimum Gasteiger partial charge on any atom is -0.393 e. The Labute approximate surface area is 96.1 Å². The van der Waals surface area contributed by atoms with Gasteiger partial charge in [-0.05, 0) is 27.1 Å². The van der Waals surface area contributed by atoms with Crippen LogP contribution in [-0.2, 0) is 9.68 Å². The third-order valence-corrected chi connectivity index (χ3v) is 1.25. The van der Waals surface area contributed by atoms with Crippen molar-refractivity contribution < 1.29 is 25.0 Å². The summed E-state index contributed by atoms with van der Waals surface area (Å²) in [5.74, 6) is 0. The lowest BCUT2D eigenvalue weighted by atomic mass is 10.5. The maximum atomic E-state index is 10.2. The van der Waals surface area contributed by atoms with Gasteiger partial charge in [0.2, 0.25) is 0 Å². The normalized spacial score (nSPS) is 9.38. The monoisotopic (exact) mass is 239 g/mol. The molecule has 0 aromatic carbocycles. The summed E-state index contributed by atoms with van der Waals surface area (Å²) >= 11 is 0. The Morgan fingerprint density at radius 2 is 1.56 bits per heavy atom. The summed E-state index contributed by atoms with van der Waals surface area (Å²) in [4.78, 5) is 20.8. The van der Waals surface area contributed by atoms with Crippen LogP contribution in [0.5, 0.6) is 0 Å². The minimum atomic E-state index is -0.249. The number of hydrogen-bond acceptors (Lipinski definition) is 6. The maximum Gasteiger partial charge on any atom is 0.477 e. The second-order valence-corrected chi connectivity index (χ2v) is 3.14. The Kier molecular flexibility index (Phi) is 15.4. The lowest BCUT2D eigenvalue weighted by Crippen LogP contribution is -2.15. The molecule has 0 fully saturated rings. The summed E-state index contributed by atoms with van der Waals surface area (Å²) in [6.45, 7) is 2.66. The fourth-order valence-corrected chi connectivity index (χ4v) is 0.715. The first kappa shape index (κ1) is 17.5. The lowest BCUT2D eigenvalue weighted by molar-refractivity contribution is -0.981. The Balaban J connectivity index is 0. The molecule has 2 N–H and O–H groups in total. The van der Waals surface area contributed by atoms with Gasteiger partial charge in [-0.25, -0.2) is 0 Å². The fourth-order valence-electron chi connectivity index (χ4n) is 0.715. The van der Waals surface area contributed by atoms with Gasteiger partial charge in [-0.1, -0.05) is 6.92 Å². The first-order valence-corrected chi connectivity index (χ1v) is 5.18. The molecule has 0 rings (SSSR count). The van der Waals surface area contributed by atoms with Crippen molar-refractivity contribution in [3.05, 3.63) is 4.91 Å². The van der Waals surface area contributed by atoms with Crippen LogP contribution in [0.3, 0.4) is 0 Å². The molecule has 7 nitrogen and oxygen atoms in total. The van der Waals surface area contributed by atoms with E-state index in [0.717, 1.165) is 0 Å². The molecule has 0 aliphatic rings. The Morgan fingerprint density at radius 3 is 1.75 bits per heavy atom. The van der Waals surface area contributed by atoms with Gasteiger partial charge >= 0.3 is 5.09 Å². The molecule has 0 spiro atoms. The van der Waals surface area contributed by atoms with Crippen LogP contribution in [0.2, 0.25) is 0 Å².